The molecule has 11 heteroatoms. The fourth-order valence-corrected chi connectivity index (χ4v) is 6.80. The largest absolute Gasteiger partial charge is 0.481 e. The van der Waals surface area contributed by atoms with Crippen LogP contribution in [0.4, 0.5) is 13.2 Å². The number of benzene rings is 1. The molecule has 1 heterocycles. The molecule has 2 saturated carbocycles. The third-order valence-corrected chi connectivity index (χ3v) is 9.54. The maximum atomic E-state index is 14.5. The van der Waals surface area contributed by atoms with Gasteiger partial charge in [-0.3, -0.25) is 19.1 Å². The summed E-state index contributed by atoms with van der Waals surface area (Å²) in [4.78, 5) is 40.3. The van der Waals surface area contributed by atoms with E-state index < -0.39 is 53.1 Å². The van der Waals surface area contributed by atoms with E-state index in [2.05, 4.69) is 5.10 Å². The minimum atomic E-state index is -4.89. The fourth-order valence-electron chi connectivity index (χ4n) is 6.37. The summed E-state index contributed by atoms with van der Waals surface area (Å²) in [6.45, 7) is 6.90. The van der Waals surface area contributed by atoms with Gasteiger partial charge >= 0.3 is 12.1 Å². The summed E-state index contributed by atoms with van der Waals surface area (Å²) in [6.07, 6.45) is 0.149. The molecule has 224 valence electrons. The molecule has 2 fully saturated rings. The Morgan fingerprint density at radius 1 is 1.15 bits per heavy atom. The first kappa shape index (κ1) is 31.1. The summed E-state index contributed by atoms with van der Waals surface area (Å²) in [6, 6.07) is 2.76. The Labute approximate surface area is 243 Å². The van der Waals surface area contributed by atoms with E-state index in [4.69, 9.17) is 11.6 Å². The Morgan fingerprint density at radius 3 is 2.27 bits per heavy atom. The van der Waals surface area contributed by atoms with Crippen molar-refractivity contribution in [2.75, 3.05) is 13.1 Å². The fraction of sp³-hybridized carbons (Fsp3) is 0.600. The number of hydrogen-bond acceptors (Lipinski definition) is 4. The summed E-state index contributed by atoms with van der Waals surface area (Å²) in [5.74, 6) is -2.32. The number of hydrogen-bond donors (Lipinski definition) is 1. The summed E-state index contributed by atoms with van der Waals surface area (Å²) in [5, 5.41) is 13.8. The number of aliphatic carboxylic acids is 1. The smallest absolute Gasteiger partial charge is 0.433 e. The Balaban J connectivity index is 1.69. The van der Waals surface area contributed by atoms with Gasteiger partial charge in [0.05, 0.1) is 34.8 Å². The number of carboxylic acids is 1. The van der Waals surface area contributed by atoms with E-state index in [1.54, 1.807) is 26.0 Å². The maximum Gasteiger partial charge on any atom is 0.433 e. The van der Waals surface area contributed by atoms with Crippen LogP contribution in [0, 0.1) is 24.7 Å². The number of carbonyl (C=O) groups excluding carboxylic acids is 2. The van der Waals surface area contributed by atoms with Gasteiger partial charge in [-0.2, -0.15) is 18.3 Å². The number of halogens is 4. The van der Waals surface area contributed by atoms with Gasteiger partial charge in [-0.25, -0.2) is 0 Å². The van der Waals surface area contributed by atoms with Crippen LogP contribution in [0.3, 0.4) is 0 Å². The van der Waals surface area contributed by atoms with Crippen molar-refractivity contribution in [3.63, 3.8) is 0 Å². The second-order valence-corrected chi connectivity index (χ2v) is 12.6. The first-order valence-electron chi connectivity index (χ1n) is 14.1. The van der Waals surface area contributed by atoms with Crippen LogP contribution in [0.2, 0.25) is 5.02 Å². The van der Waals surface area contributed by atoms with Crippen molar-refractivity contribution < 1.29 is 32.7 Å². The molecule has 0 unspecified atom stereocenters. The Morgan fingerprint density at radius 2 is 1.78 bits per heavy atom. The molecule has 4 rings (SSSR count). The highest BCUT2D eigenvalue weighted by Crippen LogP contribution is 2.46. The average molecular weight is 596 g/mol. The van der Waals surface area contributed by atoms with Gasteiger partial charge in [0.2, 0.25) is 0 Å². The monoisotopic (exact) mass is 595 g/mol. The number of rotatable bonds is 9. The normalized spacial score (nSPS) is 22.2. The zero-order valence-electron chi connectivity index (χ0n) is 23.9. The molecular formula is C30H37ClF3N3O4. The Bertz CT molecular complexity index is 1310. The lowest BCUT2D eigenvalue weighted by Crippen LogP contribution is -2.47. The van der Waals surface area contributed by atoms with Crippen LogP contribution < -0.4 is 0 Å². The number of carboxylic acid groups (broad SMARTS) is 1. The summed E-state index contributed by atoms with van der Waals surface area (Å²) >= 11 is 6.40. The number of alkyl halides is 3. The number of Topliss-reactive ketones (excluding diaryl/α,β-unsaturated/α-hetero) is 1. The van der Waals surface area contributed by atoms with Gasteiger partial charge in [0.25, 0.3) is 5.91 Å². The van der Waals surface area contributed by atoms with Gasteiger partial charge in [-0.15, -0.1) is 0 Å². The standard InChI is InChI=1S/C30H37ClF3N3O4/c1-5-29(9-6-10-29)17-36(16-23(38)24-19(3)13-18(2)14-22(24)31)26(39)21-15-35-37(25(21)30(32,33)34)20-7-11-28(4,12-8-20)27(40)41/h13-15,20H,5-12,16-17H2,1-4H3,(H,40,41). The van der Waals surface area contributed by atoms with Gasteiger partial charge in [-0.05, 0) is 88.3 Å². The molecule has 1 amide bonds. The van der Waals surface area contributed by atoms with Crippen molar-refractivity contribution in [1.29, 1.82) is 0 Å². The van der Waals surface area contributed by atoms with E-state index >= 15 is 0 Å². The number of carbonyl (C=O) groups is 3. The van der Waals surface area contributed by atoms with Crippen molar-refractivity contribution in [3.8, 4) is 0 Å². The third kappa shape index (κ3) is 6.17. The molecule has 0 aliphatic heterocycles. The van der Waals surface area contributed by atoms with Crippen LogP contribution in [0.15, 0.2) is 18.3 Å². The number of nitrogens with zero attached hydrogens (tertiary/aromatic N) is 3. The molecule has 41 heavy (non-hydrogen) atoms. The minimum Gasteiger partial charge on any atom is -0.481 e. The zero-order valence-corrected chi connectivity index (χ0v) is 24.7. The zero-order chi connectivity index (χ0) is 30.3. The molecule has 7 nitrogen and oxygen atoms in total. The highest BCUT2D eigenvalue weighted by molar-refractivity contribution is 6.34. The number of aromatic nitrogens is 2. The van der Waals surface area contributed by atoms with Crippen molar-refractivity contribution in [1.82, 2.24) is 14.7 Å². The molecule has 0 saturated heterocycles. The van der Waals surface area contributed by atoms with Crippen molar-refractivity contribution in [2.45, 2.75) is 91.3 Å². The van der Waals surface area contributed by atoms with Crippen LogP contribution in [0.25, 0.3) is 0 Å². The van der Waals surface area contributed by atoms with Gasteiger partial charge < -0.3 is 10.0 Å². The number of ketones is 1. The van der Waals surface area contributed by atoms with Crippen molar-refractivity contribution in [3.05, 3.63) is 51.3 Å². The average Bonchev–Trinajstić information content (AvgIpc) is 3.31. The first-order chi connectivity index (χ1) is 19.1. The van der Waals surface area contributed by atoms with E-state index in [0.717, 1.165) is 42.1 Å². The van der Waals surface area contributed by atoms with Crippen LogP contribution in [0.5, 0.6) is 0 Å². The molecule has 0 radical (unpaired) electrons. The molecule has 0 bridgehead atoms. The third-order valence-electron chi connectivity index (χ3n) is 9.24. The van der Waals surface area contributed by atoms with E-state index in [9.17, 15) is 32.7 Å². The Kier molecular flexibility index (Phi) is 8.65. The quantitative estimate of drug-likeness (QED) is 0.307. The van der Waals surface area contributed by atoms with Crippen LogP contribution >= 0.6 is 11.6 Å². The van der Waals surface area contributed by atoms with E-state index in [1.807, 2.05) is 13.8 Å². The number of aryl methyl sites for hydroxylation is 2. The Hall–Kier alpha value is -2.88. The lowest BCUT2D eigenvalue weighted by atomic mass is 9.66. The van der Waals surface area contributed by atoms with Crippen LogP contribution in [-0.4, -0.2) is 50.5 Å². The highest BCUT2D eigenvalue weighted by Gasteiger charge is 2.46. The summed E-state index contributed by atoms with van der Waals surface area (Å²) < 4.78 is 44.5. The van der Waals surface area contributed by atoms with Crippen LogP contribution in [-0.2, 0) is 11.0 Å². The van der Waals surface area contributed by atoms with Crippen LogP contribution in [0.1, 0.15) is 109 Å². The highest BCUT2D eigenvalue weighted by atomic mass is 35.5. The van der Waals surface area contributed by atoms with E-state index in [0.29, 0.717) is 5.56 Å². The summed E-state index contributed by atoms with van der Waals surface area (Å²) in [5.41, 5.74) is -1.28. The first-order valence-corrected chi connectivity index (χ1v) is 14.5. The molecule has 0 atom stereocenters. The predicted molar refractivity (Wildman–Crippen MR) is 148 cm³/mol. The lowest BCUT2D eigenvalue weighted by molar-refractivity contribution is -0.152. The van der Waals surface area contributed by atoms with Gasteiger partial charge in [0.1, 0.15) is 0 Å². The van der Waals surface area contributed by atoms with Gasteiger partial charge in [-0.1, -0.05) is 31.0 Å². The second-order valence-electron chi connectivity index (χ2n) is 12.2. The maximum absolute atomic E-state index is 14.5. The molecule has 2 aromatic rings. The molecule has 2 aliphatic carbocycles. The minimum absolute atomic E-state index is 0.152. The molecule has 0 spiro atoms. The van der Waals surface area contributed by atoms with Crippen molar-refractivity contribution in [2.24, 2.45) is 10.8 Å². The van der Waals surface area contributed by atoms with E-state index in [-0.39, 0.29) is 48.2 Å². The van der Waals surface area contributed by atoms with Gasteiger partial charge in [0, 0.05) is 12.1 Å². The second kappa shape index (κ2) is 11.4. The predicted octanol–water partition coefficient (Wildman–Crippen LogP) is 7.28. The molecular weight excluding hydrogens is 559 g/mol. The lowest BCUT2D eigenvalue weighted by Gasteiger charge is -2.44. The van der Waals surface area contributed by atoms with Crippen molar-refractivity contribution >= 4 is 29.3 Å². The summed E-state index contributed by atoms with van der Waals surface area (Å²) in [7, 11) is 0. The SMILES string of the molecule is CCC1(CN(CC(=O)c2c(C)cc(C)cc2Cl)C(=O)c2cnn(C3CCC(C)(C(=O)O)CC3)c2C(F)(F)F)CCC1. The molecule has 1 N–H and O–H groups in total. The number of amides is 1. The molecule has 1 aromatic heterocycles. The molecule has 2 aliphatic rings. The van der Waals surface area contributed by atoms with Gasteiger partial charge in [0.15, 0.2) is 11.5 Å². The van der Waals surface area contributed by atoms with E-state index in [1.165, 1.54) is 4.90 Å². The topological polar surface area (TPSA) is 92.5 Å². The molecule has 1 aromatic carbocycles.